The predicted octanol–water partition coefficient (Wildman–Crippen LogP) is 3.37. The summed E-state index contributed by atoms with van der Waals surface area (Å²) in [6.07, 6.45) is 4.83. The number of carbonyl (C=O) groups is 1. The molecule has 0 radical (unpaired) electrons. The maximum absolute atomic E-state index is 12.3. The second-order valence-electron chi connectivity index (χ2n) is 4.88. The first-order valence-corrected chi connectivity index (χ1v) is 7.48. The number of likely N-dealkylation sites (N-methyl/N-ethyl adjacent to an activating group) is 1. The largest absolute Gasteiger partial charge is 0.342 e. The lowest BCUT2D eigenvalue weighted by Gasteiger charge is -2.21. The van der Waals surface area contributed by atoms with Crippen LogP contribution in [-0.2, 0) is 17.6 Å². The highest BCUT2D eigenvalue weighted by Gasteiger charge is 2.12. The first kappa shape index (κ1) is 15.5. The molecule has 1 aromatic heterocycles. The van der Waals surface area contributed by atoms with Crippen LogP contribution in [0.5, 0.6) is 0 Å². The van der Waals surface area contributed by atoms with E-state index >= 15 is 0 Å². The zero-order valence-electron chi connectivity index (χ0n) is 12.1. The maximum atomic E-state index is 12.3. The van der Waals surface area contributed by atoms with Crippen LogP contribution in [0.1, 0.15) is 18.1 Å². The van der Waals surface area contributed by atoms with Crippen molar-refractivity contribution in [2.45, 2.75) is 19.8 Å². The monoisotopic (exact) mass is 302 g/mol. The fourth-order valence-electron chi connectivity index (χ4n) is 2.16. The van der Waals surface area contributed by atoms with Crippen molar-refractivity contribution in [1.82, 2.24) is 9.88 Å². The van der Waals surface area contributed by atoms with Crippen LogP contribution in [0.2, 0.25) is 5.02 Å². The Labute approximate surface area is 130 Å². The van der Waals surface area contributed by atoms with Crippen LogP contribution in [0.15, 0.2) is 48.8 Å². The molecule has 0 fully saturated rings. The van der Waals surface area contributed by atoms with Gasteiger partial charge in [-0.3, -0.25) is 9.78 Å². The van der Waals surface area contributed by atoms with Gasteiger partial charge in [-0.25, -0.2) is 0 Å². The topological polar surface area (TPSA) is 33.2 Å². The molecular formula is C17H19ClN2O. The van der Waals surface area contributed by atoms with Gasteiger partial charge < -0.3 is 4.90 Å². The molecule has 0 unspecified atom stereocenters. The molecular weight excluding hydrogens is 284 g/mol. The number of nitrogens with zero attached hydrogens (tertiary/aromatic N) is 2. The average molecular weight is 303 g/mol. The Kier molecular flexibility index (Phi) is 5.76. The predicted molar refractivity (Wildman–Crippen MR) is 85.4 cm³/mol. The minimum atomic E-state index is 0.147. The first-order valence-electron chi connectivity index (χ1n) is 7.10. The lowest BCUT2D eigenvalue weighted by atomic mass is 10.1. The van der Waals surface area contributed by atoms with Crippen LogP contribution in [0.4, 0.5) is 0 Å². The molecule has 21 heavy (non-hydrogen) atoms. The van der Waals surface area contributed by atoms with Gasteiger partial charge in [0.2, 0.25) is 5.91 Å². The van der Waals surface area contributed by atoms with Crippen LogP contribution in [0.25, 0.3) is 0 Å². The summed E-state index contributed by atoms with van der Waals surface area (Å²) in [6.45, 7) is 3.46. The van der Waals surface area contributed by atoms with Crippen molar-refractivity contribution in [1.29, 1.82) is 0 Å². The van der Waals surface area contributed by atoms with Crippen molar-refractivity contribution >= 4 is 17.5 Å². The summed E-state index contributed by atoms with van der Waals surface area (Å²) in [4.78, 5) is 18.2. The lowest BCUT2D eigenvalue weighted by Crippen LogP contribution is -2.33. The van der Waals surface area contributed by atoms with Gasteiger partial charge in [0.05, 0.1) is 6.42 Å². The van der Waals surface area contributed by atoms with E-state index in [0.29, 0.717) is 11.4 Å². The van der Waals surface area contributed by atoms with E-state index in [1.165, 1.54) is 5.56 Å². The molecule has 1 aromatic carbocycles. The molecule has 0 aliphatic heterocycles. The van der Waals surface area contributed by atoms with E-state index < -0.39 is 0 Å². The van der Waals surface area contributed by atoms with Gasteiger partial charge in [-0.2, -0.15) is 0 Å². The van der Waals surface area contributed by atoms with Gasteiger partial charge in [0.25, 0.3) is 0 Å². The molecule has 110 valence electrons. The van der Waals surface area contributed by atoms with Gasteiger partial charge in [0, 0.05) is 30.5 Å². The molecule has 2 rings (SSSR count). The number of carbonyl (C=O) groups excluding carboxylic acids is 1. The molecule has 2 aromatic rings. The van der Waals surface area contributed by atoms with Crippen LogP contribution >= 0.6 is 11.6 Å². The van der Waals surface area contributed by atoms with E-state index in [-0.39, 0.29) is 5.91 Å². The Balaban J connectivity index is 1.90. The fourth-order valence-corrected chi connectivity index (χ4v) is 2.29. The summed E-state index contributed by atoms with van der Waals surface area (Å²) in [5, 5.41) is 0.691. The normalized spacial score (nSPS) is 10.4. The van der Waals surface area contributed by atoms with Gasteiger partial charge in [-0.05, 0) is 48.7 Å². The van der Waals surface area contributed by atoms with Gasteiger partial charge in [-0.15, -0.1) is 0 Å². The molecule has 0 aliphatic carbocycles. The summed E-state index contributed by atoms with van der Waals surface area (Å²) < 4.78 is 0. The molecule has 4 heteroatoms. The van der Waals surface area contributed by atoms with E-state index in [1.54, 1.807) is 12.4 Å². The minimum absolute atomic E-state index is 0.147. The van der Waals surface area contributed by atoms with Crippen LogP contribution in [0.3, 0.4) is 0 Å². The molecule has 1 amide bonds. The van der Waals surface area contributed by atoms with Crippen molar-refractivity contribution in [2.24, 2.45) is 0 Å². The summed E-state index contributed by atoms with van der Waals surface area (Å²) in [5.41, 5.74) is 2.19. The molecule has 0 saturated carbocycles. The Morgan fingerprint density at radius 3 is 2.38 bits per heavy atom. The molecule has 0 atom stereocenters. The van der Waals surface area contributed by atoms with Crippen molar-refractivity contribution in [2.75, 3.05) is 13.1 Å². The molecule has 0 N–H and O–H groups in total. The lowest BCUT2D eigenvalue weighted by molar-refractivity contribution is -0.130. The number of aromatic nitrogens is 1. The highest BCUT2D eigenvalue weighted by molar-refractivity contribution is 6.30. The van der Waals surface area contributed by atoms with E-state index in [4.69, 9.17) is 11.6 Å². The highest BCUT2D eigenvalue weighted by atomic mass is 35.5. The molecule has 3 nitrogen and oxygen atoms in total. The highest BCUT2D eigenvalue weighted by Crippen LogP contribution is 2.11. The number of pyridine rings is 1. The SMILES string of the molecule is CCN(CCc1ccncc1)C(=O)Cc1ccc(Cl)cc1. The molecule has 0 bridgehead atoms. The zero-order valence-corrected chi connectivity index (χ0v) is 12.9. The second kappa shape index (κ2) is 7.79. The van der Waals surface area contributed by atoms with E-state index in [9.17, 15) is 4.79 Å². The number of benzene rings is 1. The standard InChI is InChI=1S/C17H19ClN2O/c1-2-20(12-9-14-7-10-19-11-8-14)17(21)13-15-3-5-16(18)6-4-15/h3-8,10-11H,2,9,12-13H2,1H3. The molecule has 0 aliphatic rings. The smallest absolute Gasteiger partial charge is 0.226 e. The van der Waals surface area contributed by atoms with Crippen LogP contribution < -0.4 is 0 Å². The molecule has 0 saturated heterocycles. The van der Waals surface area contributed by atoms with Crippen LogP contribution in [0, 0.1) is 0 Å². The van der Waals surface area contributed by atoms with Crippen molar-refractivity contribution in [3.05, 3.63) is 64.9 Å². The number of halogens is 1. The van der Waals surface area contributed by atoms with E-state index in [0.717, 1.165) is 25.1 Å². The maximum Gasteiger partial charge on any atom is 0.226 e. The number of rotatable bonds is 6. The fraction of sp³-hybridized carbons (Fsp3) is 0.294. The zero-order chi connectivity index (χ0) is 15.1. The minimum Gasteiger partial charge on any atom is -0.342 e. The Morgan fingerprint density at radius 2 is 1.76 bits per heavy atom. The van der Waals surface area contributed by atoms with Crippen molar-refractivity contribution < 1.29 is 4.79 Å². The molecule has 0 spiro atoms. The van der Waals surface area contributed by atoms with Gasteiger partial charge in [0.1, 0.15) is 0 Å². The third kappa shape index (κ3) is 4.87. The van der Waals surface area contributed by atoms with Crippen LogP contribution in [-0.4, -0.2) is 28.9 Å². The second-order valence-corrected chi connectivity index (χ2v) is 5.32. The summed E-state index contributed by atoms with van der Waals surface area (Å²) in [5.74, 6) is 0.147. The van der Waals surface area contributed by atoms with Crippen molar-refractivity contribution in [3.63, 3.8) is 0 Å². The summed E-state index contributed by atoms with van der Waals surface area (Å²) >= 11 is 5.86. The Hall–Kier alpha value is -1.87. The van der Waals surface area contributed by atoms with E-state index in [2.05, 4.69) is 4.98 Å². The third-order valence-corrected chi connectivity index (χ3v) is 3.67. The number of hydrogen-bond donors (Lipinski definition) is 0. The van der Waals surface area contributed by atoms with Gasteiger partial charge >= 0.3 is 0 Å². The third-order valence-electron chi connectivity index (χ3n) is 3.42. The average Bonchev–Trinajstić information content (AvgIpc) is 2.51. The Bertz CT molecular complexity index is 569. The summed E-state index contributed by atoms with van der Waals surface area (Å²) in [6, 6.07) is 11.4. The molecule has 1 heterocycles. The quantitative estimate of drug-likeness (QED) is 0.819. The van der Waals surface area contributed by atoms with Gasteiger partial charge in [-0.1, -0.05) is 23.7 Å². The summed E-state index contributed by atoms with van der Waals surface area (Å²) in [7, 11) is 0. The van der Waals surface area contributed by atoms with Crippen molar-refractivity contribution in [3.8, 4) is 0 Å². The first-order chi connectivity index (χ1) is 10.2. The number of amides is 1. The number of hydrogen-bond acceptors (Lipinski definition) is 2. The van der Waals surface area contributed by atoms with Gasteiger partial charge in [0.15, 0.2) is 0 Å². The van der Waals surface area contributed by atoms with E-state index in [1.807, 2.05) is 48.2 Å². The Morgan fingerprint density at radius 1 is 1.10 bits per heavy atom.